The van der Waals surface area contributed by atoms with Gasteiger partial charge in [-0.2, -0.15) is 11.8 Å². The van der Waals surface area contributed by atoms with Gasteiger partial charge in [-0.15, -0.1) is 0 Å². The van der Waals surface area contributed by atoms with Crippen LogP contribution in [0.1, 0.15) is 151 Å². The van der Waals surface area contributed by atoms with Crippen molar-refractivity contribution < 1.29 is 126 Å². The third kappa shape index (κ3) is 30.9. The van der Waals surface area contributed by atoms with Crippen LogP contribution < -0.4 is 36.0 Å². The molecule has 8 aliphatic rings. The lowest BCUT2D eigenvalue weighted by Gasteiger charge is -2.43. The highest BCUT2D eigenvalue weighted by atomic mass is 32.2. The number of rotatable bonds is 17. The van der Waals surface area contributed by atoms with Gasteiger partial charge in [0, 0.05) is 121 Å². The number of aliphatic hydroxyl groups is 1. The van der Waals surface area contributed by atoms with Crippen molar-refractivity contribution in [2.75, 3.05) is 116 Å². The molecule has 1 unspecified atom stereocenters. The number of ketones is 2. The van der Waals surface area contributed by atoms with E-state index in [9.17, 15) is 61.8 Å². The van der Waals surface area contributed by atoms with E-state index in [0.29, 0.717) is 48.0 Å². The number of Topliss-reactive ketones (excluding diaryl/α,β-unsaturated/α-hetero) is 2. The van der Waals surface area contributed by atoms with E-state index in [2.05, 4.69) is 31.2 Å². The van der Waals surface area contributed by atoms with Crippen LogP contribution in [0, 0.1) is 23.7 Å². The number of amides is 8. The number of oxazole rings is 1. The van der Waals surface area contributed by atoms with Gasteiger partial charge in [0.05, 0.1) is 88.3 Å². The summed E-state index contributed by atoms with van der Waals surface area (Å²) in [5.74, 6) is -8.92. The molecule has 0 saturated carbocycles. The van der Waals surface area contributed by atoms with E-state index in [1.54, 1.807) is 86.0 Å². The number of thioether (sulfide) groups is 1. The summed E-state index contributed by atoms with van der Waals surface area (Å²) in [5, 5.41) is 30.8. The van der Waals surface area contributed by atoms with Gasteiger partial charge in [-0.1, -0.05) is 100 Å². The molecule has 7 saturated heterocycles. The number of sulfone groups is 1. The first-order chi connectivity index (χ1) is 61.7. The van der Waals surface area contributed by atoms with Gasteiger partial charge in [0.1, 0.15) is 72.0 Å². The fourth-order valence-corrected chi connectivity index (χ4v) is 20.7. The Morgan fingerprint density at radius 3 is 2.06 bits per heavy atom. The predicted octanol–water partition coefficient (Wildman–Crippen LogP) is 0.0814. The number of piperidine rings is 4. The highest BCUT2D eigenvalue weighted by Gasteiger charge is 2.52. The molecule has 7 fully saturated rings. The van der Waals surface area contributed by atoms with Crippen LogP contribution in [-0.2, 0) is 100 Å². The Balaban J connectivity index is 0.000000314. The van der Waals surface area contributed by atoms with Crippen molar-refractivity contribution in [2.24, 2.45) is 23.7 Å². The minimum Gasteiger partial charge on any atom is -0.748 e. The molecular weight excluding hydrogens is 1780 g/mol. The Kier molecular flexibility index (Phi) is 39.1. The number of pyridine rings is 1. The third-order valence-electron chi connectivity index (χ3n) is 24.1. The maximum atomic E-state index is 15.7. The lowest BCUT2D eigenvalue weighted by Crippen LogP contribution is -3.16. The van der Waals surface area contributed by atoms with Crippen molar-refractivity contribution >= 4 is 118 Å². The van der Waals surface area contributed by atoms with Crippen molar-refractivity contribution in [1.29, 1.82) is 0 Å². The number of esters is 2. The summed E-state index contributed by atoms with van der Waals surface area (Å²) in [6.45, 7) is 19.6. The van der Waals surface area contributed by atoms with Gasteiger partial charge in [0.2, 0.25) is 41.3 Å². The summed E-state index contributed by atoms with van der Waals surface area (Å²) in [7, 11) is -6.35. The second kappa shape index (κ2) is 48.4. The van der Waals surface area contributed by atoms with Crippen molar-refractivity contribution in [2.45, 2.75) is 191 Å². The number of hydrogen-bond donors (Lipinski definition) is 8. The number of quaternary nitrogens is 2. The Hall–Kier alpha value is -10.3. The summed E-state index contributed by atoms with van der Waals surface area (Å²) < 4.78 is 99.4. The van der Waals surface area contributed by atoms with Crippen LogP contribution in [0.3, 0.4) is 0 Å². The zero-order valence-electron chi connectivity index (χ0n) is 76.2. The summed E-state index contributed by atoms with van der Waals surface area (Å²) in [4.78, 5) is 189. The lowest BCUT2D eigenvalue weighted by molar-refractivity contribution is -0.915. The van der Waals surface area contributed by atoms with E-state index in [-0.39, 0.29) is 117 Å². The maximum absolute atomic E-state index is 15.7. The van der Waals surface area contributed by atoms with Crippen molar-refractivity contribution in [3.63, 3.8) is 0 Å². The number of carbonyl (C=O) groups is 12. The van der Waals surface area contributed by atoms with Gasteiger partial charge in [-0.05, 0) is 107 Å². The second-order valence-corrected chi connectivity index (χ2v) is 41.0. The highest BCUT2D eigenvalue weighted by Crippen LogP contribution is 2.36. The number of cyclic esters (lactones) is 2. The number of likely N-dealkylation sites (N-methyl/N-ethyl adjacent to an activating group) is 1. The summed E-state index contributed by atoms with van der Waals surface area (Å²) in [6.07, 6.45) is 10.4. The van der Waals surface area contributed by atoms with Crippen molar-refractivity contribution in [1.82, 2.24) is 50.8 Å². The molecule has 10 heterocycles. The SMILES string of the molecule is CC[C@H]1NC(=O)[C@@H](NC(=O)c2ncccc2O)[C@@H](C)OC(=O)[C@H](c2ccccc2)NC(=O)[C@@H]2CC(=O)[C@H](CS[C@@H]3C[NH+]4CCC3CC4)CN2C(=O)[C@H](Cc2ccc(N(C)C)cc2)N(C)C(=O)[C@@H]2CCCN2C1=O.CC[NH+](CC)CCS(=O)(=O)[C@@H]1CCN2C(=O)c3coc(n3)CC(=O)C[C@H](O)C=C(C)C=CCNC(=O)C=C[C@@H](C)[C@@H](C(C)C)OC(=O)C12.CS(=O)(=O)[O-].CS(=O)(=O)[O-]. The number of carbonyl (C=O) groups excluding carboxylic acids is 12. The number of ether oxygens (including phenoxy) is 2. The zero-order valence-corrected chi connectivity index (χ0v) is 79.5. The molecule has 8 amide bonds. The van der Waals surface area contributed by atoms with Gasteiger partial charge >= 0.3 is 11.9 Å². The molecule has 131 heavy (non-hydrogen) atoms. The number of benzene rings is 2. The molecule has 0 radical (unpaired) electrons. The molecule has 4 bridgehead atoms. The summed E-state index contributed by atoms with van der Waals surface area (Å²) >= 11 is 1.75. The van der Waals surface area contributed by atoms with Gasteiger partial charge in [0.25, 0.3) is 11.8 Å². The fraction of sp³-hybridized carbons (Fsp3) is 0.573. The lowest BCUT2D eigenvalue weighted by atomic mass is 9.88. The van der Waals surface area contributed by atoms with Crippen LogP contribution in [0.5, 0.6) is 5.75 Å². The van der Waals surface area contributed by atoms with E-state index in [4.69, 9.17) is 39.8 Å². The van der Waals surface area contributed by atoms with Crippen LogP contribution >= 0.6 is 11.8 Å². The molecule has 2 aromatic carbocycles. The number of fused-ring (bicyclic) bond motifs is 8. The van der Waals surface area contributed by atoms with Crippen LogP contribution in [0.25, 0.3) is 0 Å². The second-order valence-electron chi connectivity index (χ2n) is 34.5. The largest absolute Gasteiger partial charge is 0.748 e. The highest BCUT2D eigenvalue weighted by molar-refractivity contribution is 8.00. The van der Waals surface area contributed by atoms with Gasteiger partial charge in [-0.3, -0.25) is 47.9 Å². The van der Waals surface area contributed by atoms with Crippen molar-refractivity contribution in [3.8, 4) is 5.75 Å². The fourth-order valence-electron chi connectivity index (χ4n) is 17.0. The van der Waals surface area contributed by atoms with Crippen LogP contribution in [0.4, 0.5) is 5.69 Å². The quantitative estimate of drug-likeness (QED) is 0.0512. The first kappa shape index (κ1) is 106. The number of nitrogens with zero attached hydrogens (tertiary/aromatic N) is 7. The first-order valence-corrected chi connectivity index (χ1v) is 50.3. The number of hydrogen-bond acceptors (Lipinski definition) is 29. The smallest absolute Gasteiger partial charge is 0.333 e. The number of anilines is 1. The van der Waals surface area contributed by atoms with E-state index < -0.39 is 172 Å². The normalized spacial score (nSPS) is 26.7. The van der Waals surface area contributed by atoms with Crippen LogP contribution in [0.2, 0.25) is 0 Å². The number of nitrogens with one attached hydrogen (secondary N) is 6. The average Bonchev–Trinajstić information content (AvgIpc) is 1.48. The number of aromatic nitrogens is 2. The molecule has 0 spiro atoms. The predicted molar refractivity (Wildman–Crippen MR) is 481 cm³/mol. The molecule has 12 rings (SSSR count). The molecule has 42 heteroatoms. The van der Waals surface area contributed by atoms with Crippen LogP contribution in [0.15, 0.2) is 120 Å². The molecule has 2 aromatic heterocycles. The van der Waals surface area contributed by atoms with E-state index in [0.717, 1.165) is 68.0 Å². The minimum absolute atomic E-state index is 0.0316. The molecule has 4 aromatic rings. The third-order valence-corrected chi connectivity index (χ3v) is 27.9. The topological polar surface area (TPSA) is 524 Å². The minimum atomic E-state index is -3.92. The molecular formula is C89H125N13O25S4. The van der Waals surface area contributed by atoms with Gasteiger partial charge in [0.15, 0.2) is 27.3 Å². The Labute approximate surface area is 769 Å². The monoisotopic (exact) mass is 1900 g/mol. The molecule has 720 valence electrons. The number of aromatic hydroxyl groups is 1. The summed E-state index contributed by atoms with van der Waals surface area (Å²) in [5.41, 5.74) is 2.00. The Bertz CT molecular complexity index is 5100. The maximum Gasteiger partial charge on any atom is 0.333 e. The Morgan fingerprint density at radius 2 is 1.45 bits per heavy atom. The molecule has 38 nitrogen and oxygen atoms in total. The van der Waals surface area contributed by atoms with Crippen molar-refractivity contribution in [3.05, 3.63) is 144 Å². The van der Waals surface area contributed by atoms with E-state index in [1.807, 2.05) is 71.0 Å². The van der Waals surface area contributed by atoms with E-state index in [1.165, 1.54) is 64.1 Å². The standard InChI is InChI=1S/C53H67N9O10S.C34H50N4O9S.2CH4O3S/c1-6-37-50(68)61-23-11-14-38(61)51(69)59(5)40(26-32-16-18-36(19-17-32)58(3)4)52(70)62-28-35(30-73-43-29-60-24-20-33(43)21-25-60)42(64)27-39(62)47(65)57-45(34-12-8-7-9-13-34)53(71)72-31(2)44(48(66)55-37)56-49(67)46-41(63)15-10-22-54-46;1-7-37(8-2)16-17-48(44,45)28-13-15-38-31(28)34(43)47-32(22(3)4)24(6)11-12-29(41)35-14-9-10-23(5)18-25(39)19-26(40)20-30-36-27(21-46-30)33(38)42;2*1-5(2,3)4/h7-10,12-13,15-19,22,31,33,35,37-40,43-45,63H,6,11,14,20-21,23-30H2,1-5H3,(H,55,66)(H,56,67)(H,57,65);9-12,18,21-22,24-25,28,31-32,39H,7-8,13-17,19-20H2,1-6H3,(H,35,41);2*1H3,(H,2,3,4)/t31-,35+,37-,38+,39+,40+,43-,44+,45+;24-,25-,28-,31?,32-;;/m11../s1. The van der Waals surface area contributed by atoms with Crippen LogP contribution in [-0.4, -0.2) is 321 Å². The van der Waals surface area contributed by atoms with Gasteiger partial charge < -0.3 is 88.8 Å². The number of aliphatic hydroxyl groups excluding tert-OH is 1. The molecule has 8 aliphatic heterocycles. The molecule has 8 N–H and O–H groups in total. The number of allylic oxidation sites excluding steroid dienone is 2. The molecule has 14 atom stereocenters. The zero-order chi connectivity index (χ0) is 96.7. The first-order valence-electron chi connectivity index (χ1n) is 43.9. The average molecular weight is 1910 g/mol. The van der Waals surface area contributed by atoms with E-state index >= 15 is 14.4 Å². The molecule has 0 aliphatic carbocycles. The summed E-state index contributed by atoms with van der Waals surface area (Å²) in [6, 6.07) is 8.85. The van der Waals surface area contributed by atoms with Gasteiger partial charge in [-0.25, -0.2) is 44.8 Å². The Morgan fingerprint density at radius 1 is 0.786 bits per heavy atom.